The van der Waals surface area contributed by atoms with E-state index in [1.54, 1.807) is 17.7 Å². The van der Waals surface area contributed by atoms with Crippen LogP contribution in [0.25, 0.3) is 10.2 Å². The van der Waals surface area contributed by atoms with Crippen LogP contribution >= 0.6 is 11.3 Å². The van der Waals surface area contributed by atoms with Gasteiger partial charge in [0.1, 0.15) is 16.9 Å². The number of hydrogen-bond donors (Lipinski definition) is 1. The molecule has 0 unspecified atom stereocenters. The van der Waals surface area contributed by atoms with Gasteiger partial charge in [0.15, 0.2) is 0 Å². The zero-order valence-electron chi connectivity index (χ0n) is 11.4. The second kappa shape index (κ2) is 5.46. The van der Waals surface area contributed by atoms with Gasteiger partial charge < -0.3 is 10.1 Å². The van der Waals surface area contributed by atoms with Gasteiger partial charge in [0, 0.05) is 17.6 Å². The minimum Gasteiger partial charge on any atom is -0.438 e. The predicted molar refractivity (Wildman–Crippen MR) is 82.9 cm³/mol. The largest absolute Gasteiger partial charge is 0.438 e. The average molecular weight is 285 g/mol. The highest BCUT2D eigenvalue weighted by molar-refractivity contribution is 7.18. The molecule has 3 aromatic rings. The standard InChI is InChI=1S/C15H15N3OS/c1-3-12-8-13-14(17-9-18-15(13)20-12)19-11-6-4-10(16-2)5-7-11/h4-9,16H,3H2,1-2H3. The fourth-order valence-corrected chi connectivity index (χ4v) is 2.87. The molecule has 4 nitrogen and oxygen atoms in total. The number of aromatic nitrogens is 2. The van der Waals surface area contributed by atoms with Gasteiger partial charge in [0.25, 0.3) is 0 Å². The van der Waals surface area contributed by atoms with Gasteiger partial charge in [0.05, 0.1) is 5.39 Å². The number of thiophene rings is 1. The number of ether oxygens (including phenoxy) is 1. The average Bonchev–Trinajstić information content (AvgIpc) is 2.92. The van der Waals surface area contributed by atoms with Crippen molar-refractivity contribution in [2.24, 2.45) is 0 Å². The maximum Gasteiger partial charge on any atom is 0.231 e. The van der Waals surface area contributed by atoms with Crippen molar-refractivity contribution < 1.29 is 4.74 Å². The molecule has 0 radical (unpaired) electrons. The summed E-state index contributed by atoms with van der Waals surface area (Å²) in [4.78, 5) is 10.8. The van der Waals surface area contributed by atoms with Crippen LogP contribution in [0.5, 0.6) is 11.6 Å². The number of anilines is 1. The van der Waals surface area contributed by atoms with Crippen LogP contribution in [0, 0.1) is 0 Å². The Kier molecular flexibility index (Phi) is 3.52. The van der Waals surface area contributed by atoms with Gasteiger partial charge in [-0.1, -0.05) is 6.92 Å². The molecular formula is C15H15N3OS. The molecule has 2 aromatic heterocycles. The third kappa shape index (κ3) is 2.44. The van der Waals surface area contributed by atoms with Gasteiger partial charge in [-0.25, -0.2) is 9.97 Å². The van der Waals surface area contributed by atoms with E-state index in [0.717, 1.165) is 28.1 Å². The monoisotopic (exact) mass is 285 g/mol. The first-order valence-electron chi connectivity index (χ1n) is 6.49. The molecule has 102 valence electrons. The molecule has 0 atom stereocenters. The fourth-order valence-electron chi connectivity index (χ4n) is 1.94. The minimum absolute atomic E-state index is 0.614. The van der Waals surface area contributed by atoms with Crippen LogP contribution in [0.15, 0.2) is 36.7 Å². The maximum absolute atomic E-state index is 5.88. The first-order valence-corrected chi connectivity index (χ1v) is 7.31. The van der Waals surface area contributed by atoms with E-state index >= 15 is 0 Å². The highest BCUT2D eigenvalue weighted by Crippen LogP contribution is 2.32. The summed E-state index contributed by atoms with van der Waals surface area (Å²) in [5.41, 5.74) is 1.05. The van der Waals surface area contributed by atoms with Crippen molar-refractivity contribution >= 4 is 27.2 Å². The van der Waals surface area contributed by atoms with Crippen molar-refractivity contribution in [3.63, 3.8) is 0 Å². The van der Waals surface area contributed by atoms with Gasteiger partial charge in [0.2, 0.25) is 5.88 Å². The SMILES string of the molecule is CCc1cc2c(Oc3ccc(NC)cc3)ncnc2s1. The molecule has 1 N–H and O–H groups in total. The Labute approximate surface area is 121 Å². The minimum atomic E-state index is 0.614. The fraction of sp³-hybridized carbons (Fsp3) is 0.200. The van der Waals surface area contributed by atoms with E-state index in [0.29, 0.717) is 5.88 Å². The van der Waals surface area contributed by atoms with Crippen LogP contribution < -0.4 is 10.1 Å². The summed E-state index contributed by atoms with van der Waals surface area (Å²) in [5.74, 6) is 1.39. The van der Waals surface area contributed by atoms with Gasteiger partial charge in [-0.2, -0.15) is 0 Å². The Morgan fingerprint density at radius 3 is 2.70 bits per heavy atom. The molecule has 3 rings (SSSR count). The van der Waals surface area contributed by atoms with Crippen molar-refractivity contribution in [2.45, 2.75) is 13.3 Å². The summed E-state index contributed by atoms with van der Waals surface area (Å²) in [6.07, 6.45) is 2.55. The van der Waals surface area contributed by atoms with Crippen molar-refractivity contribution in [1.82, 2.24) is 9.97 Å². The van der Waals surface area contributed by atoms with E-state index in [1.807, 2.05) is 31.3 Å². The number of benzene rings is 1. The quantitative estimate of drug-likeness (QED) is 0.784. The molecule has 0 bridgehead atoms. The van der Waals surface area contributed by atoms with Crippen molar-refractivity contribution in [1.29, 1.82) is 0 Å². The summed E-state index contributed by atoms with van der Waals surface area (Å²) in [5, 5.41) is 4.06. The van der Waals surface area contributed by atoms with E-state index in [2.05, 4.69) is 28.3 Å². The van der Waals surface area contributed by atoms with E-state index in [9.17, 15) is 0 Å². The molecule has 5 heteroatoms. The molecule has 0 saturated carbocycles. The topological polar surface area (TPSA) is 47.0 Å². The first-order chi connectivity index (χ1) is 9.80. The van der Waals surface area contributed by atoms with Gasteiger partial charge in [-0.3, -0.25) is 0 Å². The highest BCUT2D eigenvalue weighted by atomic mass is 32.1. The molecule has 1 aromatic carbocycles. The van der Waals surface area contributed by atoms with Gasteiger partial charge in [-0.05, 0) is 36.8 Å². The van der Waals surface area contributed by atoms with Gasteiger partial charge >= 0.3 is 0 Å². The number of hydrogen-bond acceptors (Lipinski definition) is 5. The zero-order chi connectivity index (χ0) is 13.9. The Bertz CT molecular complexity index is 722. The Morgan fingerprint density at radius 1 is 1.20 bits per heavy atom. The second-order valence-electron chi connectivity index (χ2n) is 4.34. The molecule has 2 heterocycles. The summed E-state index contributed by atoms with van der Waals surface area (Å²) in [6, 6.07) is 9.90. The number of nitrogens with zero attached hydrogens (tertiary/aromatic N) is 2. The van der Waals surface area contributed by atoms with Crippen LogP contribution in [0.3, 0.4) is 0 Å². The lowest BCUT2D eigenvalue weighted by Gasteiger charge is -2.06. The molecule has 0 aliphatic rings. The molecule has 0 amide bonds. The van der Waals surface area contributed by atoms with Crippen molar-refractivity contribution in [2.75, 3.05) is 12.4 Å². The first kappa shape index (κ1) is 12.9. The Morgan fingerprint density at radius 2 is 2.00 bits per heavy atom. The van der Waals surface area contributed by atoms with Crippen LogP contribution in [0.2, 0.25) is 0 Å². The number of fused-ring (bicyclic) bond motifs is 1. The van der Waals surface area contributed by atoms with E-state index in [-0.39, 0.29) is 0 Å². The molecule has 0 spiro atoms. The molecule has 0 aliphatic carbocycles. The summed E-state index contributed by atoms with van der Waals surface area (Å²) in [6.45, 7) is 2.13. The van der Waals surface area contributed by atoms with Gasteiger partial charge in [-0.15, -0.1) is 11.3 Å². The molecule has 0 saturated heterocycles. The smallest absolute Gasteiger partial charge is 0.231 e. The second-order valence-corrected chi connectivity index (χ2v) is 5.46. The normalized spacial score (nSPS) is 10.7. The van der Waals surface area contributed by atoms with Crippen molar-refractivity contribution in [3.8, 4) is 11.6 Å². The number of nitrogens with one attached hydrogen (secondary N) is 1. The third-order valence-electron chi connectivity index (χ3n) is 3.05. The maximum atomic E-state index is 5.88. The zero-order valence-corrected chi connectivity index (χ0v) is 12.2. The molecule has 0 fully saturated rings. The van der Waals surface area contributed by atoms with Crippen LogP contribution in [-0.4, -0.2) is 17.0 Å². The lowest BCUT2D eigenvalue weighted by atomic mass is 10.3. The Balaban J connectivity index is 1.94. The summed E-state index contributed by atoms with van der Waals surface area (Å²) < 4.78 is 5.88. The van der Waals surface area contributed by atoms with Crippen molar-refractivity contribution in [3.05, 3.63) is 41.5 Å². The predicted octanol–water partition coefficient (Wildman–Crippen LogP) is 4.09. The lowest BCUT2D eigenvalue weighted by Crippen LogP contribution is -1.91. The van der Waals surface area contributed by atoms with Crippen LogP contribution in [0.4, 0.5) is 5.69 Å². The Hall–Kier alpha value is -2.14. The van der Waals surface area contributed by atoms with Crippen LogP contribution in [0.1, 0.15) is 11.8 Å². The lowest BCUT2D eigenvalue weighted by molar-refractivity contribution is 0.468. The third-order valence-corrected chi connectivity index (χ3v) is 4.24. The highest BCUT2D eigenvalue weighted by Gasteiger charge is 2.09. The molecular weight excluding hydrogens is 270 g/mol. The van der Waals surface area contributed by atoms with E-state index in [1.165, 1.54) is 4.88 Å². The van der Waals surface area contributed by atoms with E-state index < -0.39 is 0 Å². The number of aryl methyl sites for hydroxylation is 1. The molecule has 20 heavy (non-hydrogen) atoms. The van der Waals surface area contributed by atoms with Crippen LogP contribution in [-0.2, 0) is 6.42 Å². The summed E-state index contributed by atoms with van der Waals surface area (Å²) >= 11 is 1.69. The molecule has 0 aliphatic heterocycles. The van der Waals surface area contributed by atoms with E-state index in [4.69, 9.17) is 4.74 Å². The number of rotatable bonds is 4. The summed E-state index contributed by atoms with van der Waals surface area (Å²) in [7, 11) is 1.89.